The molecule has 158 valence electrons. The average molecular weight is 436 g/mol. The van der Waals surface area contributed by atoms with Gasteiger partial charge in [0.05, 0.1) is 11.5 Å². The lowest BCUT2D eigenvalue weighted by Crippen LogP contribution is -2.49. The molecule has 0 unspecified atom stereocenters. The van der Waals surface area contributed by atoms with E-state index in [9.17, 15) is 9.18 Å². The fourth-order valence-electron chi connectivity index (χ4n) is 3.89. The standard InChI is InChI=1S/C24H22FN3O2S/c25-20-4-1-3-17(14-20)18-6-7-22-19(13-18)15-21(30-22)16-27-8-10-28(11-9-27)24(29)26-23-5-2-12-31-23/h1-7,12-15H,8-11,16H2,(H,26,29). The van der Waals surface area contributed by atoms with E-state index in [1.807, 2.05) is 52.7 Å². The number of thiophene rings is 1. The van der Waals surface area contributed by atoms with Gasteiger partial charge in [-0.25, -0.2) is 9.18 Å². The normalized spacial score (nSPS) is 14.8. The van der Waals surface area contributed by atoms with Crippen molar-refractivity contribution in [2.75, 3.05) is 31.5 Å². The Balaban J connectivity index is 1.21. The quantitative estimate of drug-likeness (QED) is 0.451. The maximum absolute atomic E-state index is 13.6. The van der Waals surface area contributed by atoms with Gasteiger partial charge in [0.2, 0.25) is 0 Å². The number of amides is 2. The zero-order chi connectivity index (χ0) is 21.2. The molecule has 31 heavy (non-hydrogen) atoms. The molecule has 0 radical (unpaired) electrons. The van der Waals surface area contributed by atoms with Crippen LogP contribution in [0.3, 0.4) is 0 Å². The summed E-state index contributed by atoms with van der Waals surface area (Å²) >= 11 is 1.52. The van der Waals surface area contributed by atoms with Gasteiger partial charge in [0, 0.05) is 31.6 Å². The third-order valence-electron chi connectivity index (χ3n) is 5.52. The van der Waals surface area contributed by atoms with Gasteiger partial charge >= 0.3 is 6.03 Å². The molecule has 5 nitrogen and oxygen atoms in total. The molecule has 0 spiro atoms. The van der Waals surface area contributed by atoms with Crippen LogP contribution in [-0.2, 0) is 6.54 Å². The largest absolute Gasteiger partial charge is 0.460 e. The van der Waals surface area contributed by atoms with E-state index < -0.39 is 0 Å². The van der Waals surface area contributed by atoms with E-state index in [1.165, 1.54) is 23.5 Å². The first kappa shape index (κ1) is 19.8. The molecule has 1 saturated heterocycles. The van der Waals surface area contributed by atoms with Crippen molar-refractivity contribution in [2.45, 2.75) is 6.54 Å². The summed E-state index contributed by atoms with van der Waals surface area (Å²) in [4.78, 5) is 16.5. The minimum Gasteiger partial charge on any atom is -0.460 e. The number of urea groups is 1. The van der Waals surface area contributed by atoms with E-state index in [2.05, 4.69) is 10.2 Å². The second kappa shape index (κ2) is 8.53. The second-order valence-electron chi connectivity index (χ2n) is 7.65. The van der Waals surface area contributed by atoms with Crippen molar-refractivity contribution in [3.8, 4) is 11.1 Å². The van der Waals surface area contributed by atoms with Crippen molar-refractivity contribution in [1.82, 2.24) is 9.80 Å². The number of piperazine rings is 1. The highest BCUT2D eigenvalue weighted by Gasteiger charge is 2.22. The number of anilines is 1. The lowest BCUT2D eigenvalue weighted by molar-refractivity contribution is 0.137. The van der Waals surface area contributed by atoms with Crippen molar-refractivity contribution >= 4 is 33.3 Å². The van der Waals surface area contributed by atoms with Crippen LogP contribution in [0.4, 0.5) is 14.2 Å². The SMILES string of the molecule is O=C(Nc1cccs1)N1CCN(Cc2cc3cc(-c4cccc(F)c4)ccc3o2)CC1. The minimum absolute atomic E-state index is 0.0456. The summed E-state index contributed by atoms with van der Waals surface area (Å²) in [7, 11) is 0. The number of rotatable bonds is 4. The molecule has 3 heterocycles. The van der Waals surface area contributed by atoms with Gasteiger partial charge in [-0.1, -0.05) is 18.2 Å². The van der Waals surface area contributed by atoms with E-state index in [1.54, 1.807) is 6.07 Å². The van der Waals surface area contributed by atoms with E-state index in [0.29, 0.717) is 19.6 Å². The van der Waals surface area contributed by atoms with Crippen molar-refractivity contribution in [2.24, 2.45) is 0 Å². The Bertz CT molecular complexity index is 1200. The van der Waals surface area contributed by atoms with Crippen molar-refractivity contribution < 1.29 is 13.6 Å². The van der Waals surface area contributed by atoms with Crippen molar-refractivity contribution in [1.29, 1.82) is 0 Å². The summed E-state index contributed by atoms with van der Waals surface area (Å²) < 4.78 is 19.6. The van der Waals surface area contributed by atoms with Gasteiger partial charge in [0.25, 0.3) is 0 Å². The molecule has 4 aromatic rings. The van der Waals surface area contributed by atoms with Gasteiger partial charge in [0.15, 0.2) is 0 Å². The summed E-state index contributed by atoms with van der Waals surface area (Å²) in [5.41, 5.74) is 2.63. The molecule has 0 aliphatic carbocycles. The van der Waals surface area contributed by atoms with E-state index in [-0.39, 0.29) is 11.8 Å². The average Bonchev–Trinajstić information content (AvgIpc) is 3.43. The maximum atomic E-state index is 13.6. The van der Waals surface area contributed by atoms with Crippen LogP contribution in [0.2, 0.25) is 0 Å². The number of carbonyl (C=O) groups excluding carboxylic acids is 1. The van der Waals surface area contributed by atoms with Crippen LogP contribution in [0, 0.1) is 5.82 Å². The molecule has 5 rings (SSSR count). The smallest absolute Gasteiger partial charge is 0.322 e. The Morgan fingerprint density at radius 3 is 2.61 bits per heavy atom. The molecule has 0 atom stereocenters. The monoisotopic (exact) mass is 435 g/mol. The van der Waals surface area contributed by atoms with Gasteiger partial charge < -0.3 is 9.32 Å². The molecular weight excluding hydrogens is 413 g/mol. The van der Waals surface area contributed by atoms with Gasteiger partial charge in [-0.3, -0.25) is 10.2 Å². The van der Waals surface area contributed by atoms with Crippen LogP contribution < -0.4 is 5.32 Å². The molecule has 1 aliphatic heterocycles. The number of nitrogens with one attached hydrogen (secondary N) is 1. The zero-order valence-electron chi connectivity index (χ0n) is 16.9. The number of hydrogen-bond donors (Lipinski definition) is 1. The van der Waals surface area contributed by atoms with Crippen molar-refractivity contribution in [3.05, 3.63) is 77.6 Å². The van der Waals surface area contributed by atoms with E-state index >= 15 is 0 Å². The summed E-state index contributed by atoms with van der Waals surface area (Å²) in [6.45, 7) is 3.65. The van der Waals surface area contributed by atoms with Gasteiger partial charge in [0.1, 0.15) is 17.2 Å². The molecule has 2 aromatic heterocycles. The highest BCUT2D eigenvalue weighted by atomic mass is 32.1. The minimum atomic E-state index is -0.242. The fourth-order valence-corrected chi connectivity index (χ4v) is 4.49. The third-order valence-corrected chi connectivity index (χ3v) is 6.30. The third kappa shape index (κ3) is 4.47. The van der Waals surface area contributed by atoms with Crippen LogP contribution in [-0.4, -0.2) is 42.0 Å². The zero-order valence-corrected chi connectivity index (χ0v) is 17.7. The molecule has 0 bridgehead atoms. The summed E-state index contributed by atoms with van der Waals surface area (Å²) in [5, 5.41) is 6.76. The topological polar surface area (TPSA) is 48.7 Å². The first-order valence-electron chi connectivity index (χ1n) is 10.2. The Labute approximate surface area is 183 Å². The number of hydrogen-bond acceptors (Lipinski definition) is 4. The Hall–Kier alpha value is -3.16. The summed E-state index contributed by atoms with van der Waals surface area (Å²) in [5.74, 6) is 0.650. The molecule has 2 aromatic carbocycles. The molecule has 7 heteroatoms. The van der Waals surface area contributed by atoms with Gasteiger partial charge in [-0.05, 0) is 59.0 Å². The summed E-state index contributed by atoms with van der Waals surface area (Å²) in [6.07, 6.45) is 0. The highest BCUT2D eigenvalue weighted by Crippen LogP contribution is 2.28. The van der Waals surface area contributed by atoms with Crippen molar-refractivity contribution in [3.63, 3.8) is 0 Å². The number of halogens is 1. The molecule has 1 fully saturated rings. The Morgan fingerprint density at radius 1 is 1.00 bits per heavy atom. The summed E-state index contributed by atoms with van der Waals surface area (Å²) in [6, 6.07) is 18.4. The van der Waals surface area contributed by atoms with Gasteiger partial charge in [-0.15, -0.1) is 11.3 Å². The van der Waals surface area contributed by atoms with Crippen LogP contribution in [0.15, 0.2) is 70.5 Å². The molecular formula is C24H22FN3O2S. The molecule has 1 aliphatic rings. The number of fused-ring (bicyclic) bond motifs is 1. The van der Waals surface area contributed by atoms with Crippen LogP contribution >= 0.6 is 11.3 Å². The Morgan fingerprint density at radius 2 is 1.84 bits per heavy atom. The van der Waals surface area contributed by atoms with E-state index in [4.69, 9.17) is 4.42 Å². The number of benzene rings is 2. The van der Waals surface area contributed by atoms with Crippen LogP contribution in [0.1, 0.15) is 5.76 Å². The fraction of sp³-hybridized carbons (Fsp3) is 0.208. The molecule has 0 saturated carbocycles. The number of furan rings is 1. The van der Waals surface area contributed by atoms with Crippen LogP contribution in [0.25, 0.3) is 22.1 Å². The Kier molecular flexibility index (Phi) is 5.44. The second-order valence-corrected chi connectivity index (χ2v) is 8.59. The predicted molar refractivity (Wildman–Crippen MR) is 122 cm³/mol. The number of carbonyl (C=O) groups is 1. The van der Waals surface area contributed by atoms with Gasteiger partial charge in [-0.2, -0.15) is 0 Å². The van der Waals surface area contributed by atoms with Crippen LogP contribution in [0.5, 0.6) is 0 Å². The first-order chi connectivity index (χ1) is 15.1. The maximum Gasteiger partial charge on any atom is 0.322 e. The molecule has 1 N–H and O–H groups in total. The number of nitrogens with zero attached hydrogens (tertiary/aromatic N) is 2. The lowest BCUT2D eigenvalue weighted by Gasteiger charge is -2.34. The lowest BCUT2D eigenvalue weighted by atomic mass is 10.0. The highest BCUT2D eigenvalue weighted by molar-refractivity contribution is 7.14. The first-order valence-corrected chi connectivity index (χ1v) is 11.1. The molecule has 2 amide bonds. The van der Waals surface area contributed by atoms with E-state index in [0.717, 1.165) is 45.9 Å². The predicted octanol–water partition coefficient (Wildman–Crippen LogP) is 5.65.